The summed E-state index contributed by atoms with van der Waals surface area (Å²) in [6, 6.07) is 27.3. The van der Waals surface area contributed by atoms with Crippen LogP contribution >= 0.6 is 0 Å². The molecule has 0 atom stereocenters. The van der Waals surface area contributed by atoms with Gasteiger partial charge in [0.2, 0.25) is 0 Å². The Morgan fingerprint density at radius 2 is 1.61 bits per heavy atom. The van der Waals surface area contributed by atoms with Crippen LogP contribution in [0, 0.1) is 17.7 Å². The molecule has 38 heavy (non-hydrogen) atoms. The molecule has 0 spiro atoms. The van der Waals surface area contributed by atoms with E-state index >= 15 is 8.78 Å². The van der Waals surface area contributed by atoms with Crippen molar-refractivity contribution in [2.24, 2.45) is 0 Å². The first-order valence-electron chi connectivity index (χ1n) is 11.9. The van der Waals surface area contributed by atoms with E-state index in [9.17, 15) is 5.11 Å². The molecule has 1 N–H and O–H groups in total. The van der Waals surface area contributed by atoms with Gasteiger partial charge in [0.05, 0.1) is 11.5 Å². The van der Waals surface area contributed by atoms with Crippen molar-refractivity contribution in [1.82, 2.24) is 9.97 Å². The predicted octanol–water partition coefficient (Wildman–Crippen LogP) is 7.70. The van der Waals surface area contributed by atoms with E-state index in [-0.39, 0.29) is 43.5 Å². The number of aromatic nitrogens is 2. The zero-order chi connectivity index (χ0) is 25.7. The van der Waals surface area contributed by atoms with E-state index in [4.69, 9.17) is 4.98 Å². The summed E-state index contributed by atoms with van der Waals surface area (Å²) >= 11 is 0. The first-order valence-corrected chi connectivity index (χ1v) is 11.9. The van der Waals surface area contributed by atoms with Crippen molar-refractivity contribution in [3.63, 3.8) is 0 Å². The van der Waals surface area contributed by atoms with Crippen LogP contribution in [0.4, 0.5) is 26.0 Å². The molecule has 6 rings (SSSR count). The summed E-state index contributed by atoms with van der Waals surface area (Å²) in [6.45, 7) is 4.12. The Balaban J connectivity index is 0.00000294. The van der Waals surface area contributed by atoms with Crippen LogP contribution in [0.3, 0.4) is 0 Å². The van der Waals surface area contributed by atoms with Gasteiger partial charge in [-0.25, -0.2) is 4.98 Å². The molecule has 1 aliphatic carbocycles. The second-order valence-corrected chi connectivity index (χ2v) is 9.47. The quantitative estimate of drug-likeness (QED) is 0.197. The number of nitrogens with zero attached hydrogens (tertiary/aromatic N) is 3. The van der Waals surface area contributed by atoms with Crippen LogP contribution in [-0.4, -0.2) is 15.1 Å². The third kappa shape index (κ3) is 4.09. The Morgan fingerprint density at radius 1 is 0.842 bits per heavy atom. The van der Waals surface area contributed by atoms with Crippen LogP contribution in [0.2, 0.25) is 0 Å². The Bertz CT molecular complexity index is 1600. The summed E-state index contributed by atoms with van der Waals surface area (Å²) in [5.74, 6) is -0.980. The van der Waals surface area contributed by atoms with Gasteiger partial charge in [0.1, 0.15) is 11.6 Å². The van der Waals surface area contributed by atoms with Crippen LogP contribution in [-0.2, 0) is 26.5 Å². The average Bonchev–Trinajstić information content (AvgIpc) is 3.14. The predicted molar refractivity (Wildman–Crippen MR) is 140 cm³/mol. The van der Waals surface area contributed by atoms with Crippen LogP contribution < -0.4 is 4.90 Å². The average molecular weight is 686 g/mol. The van der Waals surface area contributed by atoms with E-state index in [1.165, 1.54) is 0 Å². The number of anilines is 3. The molecule has 2 heterocycles. The van der Waals surface area contributed by atoms with Crippen LogP contribution in [0.1, 0.15) is 25.0 Å². The topological polar surface area (TPSA) is 49.2 Å². The minimum Gasteiger partial charge on any atom is -0.507 e. The number of halogens is 2. The second-order valence-electron chi connectivity index (χ2n) is 9.47. The minimum atomic E-state index is -0.780. The molecule has 0 amide bonds. The second kappa shape index (κ2) is 9.77. The molecule has 192 valence electrons. The summed E-state index contributed by atoms with van der Waals surface area (Å²) < 4.78 is 30.6. The summed E-state index contributed by atoms with van der Waals surface area (Å²) in [5.41, 5.74) is 3.69. The van der Waals surface area contributed by atoms with Gasteiger partial charge >= 0.3 is 0 Å². The van der Waals surface area contributed by atoms with Gasteiger partial charge in [-0.15, -0.1) is 6.07 Å². The third-order valence-electron chi connectivity index (χ3n) is 6.86. The van der Waals surface area contributed by atoms with Crippen LogP contribution in [0.25, 0.3) is 22.5 Å². The normalized spacial score (nSPS) is 12.8. The first kappa shape index (κ1) is 25.7. The molecule has 0 saturated carbocycles. The monoisotopic (exact) mass is 685 g/mol. The molecule has 0 unspecified atom stereocenters. The maximum absolute atomic E-state index is 15.3. The number of aromatic hydroxyl groups is 1. The smallest absolute Gasteiger partial charge is 0.136 e. The summed E-state index contributed by atoms with van der Waals surface area (Å²) in [5, 5.41) is 10.6. The largest absolute Gasteiger partial charge is 0.507 e. The van der Waals surface area contributed by atoms with Crippen molar-refractivity contribution in [2.75, 3.05) is 4.90 Å². The molecular formula is C31H22F2N3OPt-. The maximum atomic E-state index is 15.3. The fourth-order valence-electron chi connectivity index (χ4n) is 5.03. The number of pyridine rings is 2. The molecule has 0 aliphatic heterocycles. The fraction of sp³-hybridized carbons (Fsp3) is 0.0968. The number of fused-ring (bicyclic) bond motifs is 3. The van der Waals surface area contributed by atoms with Gasteiger partial charge in [0, 0.05) is 49.7 Å². The van der Waals surface area contributed by atoms with Crippen molar-refractivity contribution >= 4 is 17.2 Å². The van der Waals surface area contributed by atoms with Crippen molar-refractivity contribution < 1.29 is 35.0 Å². The SMILES string of the molecule is CC1(C)c2ccc(-c3[c-]c(N(c4ccccc4)c4ccccn4)c(F)cc3F)nc2-c2c(O)cccc21.[Pt]. The molecule has 5 aromatic rings. The number of phenolic OH excluding ortho intramolecular Hbond substituents is 1. The number of rotatable bonds is 4. The molecule has 4 nitrogen and oxygen atoms in total. The van der Waals surface area contributed by atoms with E-state index in [0.29, 0.717) is 28.5 Å². The standard InChI is InChI=1S/C31H22F2N3O.Pt/c1-31(2)21-11-8-12-27(37)29(21)30-22(31)14-15-25(35-30)20-17-26(24(33)18-23(20)32)36(19-9-4-3-5-10-19)28-13-6-7-16-34-28;/h3-16,18,37H,1-2H3;/q-1;. The van der Waals surface area contributed by atoms with E-state index in [1.54, 1.807) is 47.5 Å². The number of hydrogen-bond acceptors (Lipinski definition) is 4. The van der Waals surface area contributed by atoms with Gasteiger partial charge in [-0.1, -0.05) is 74.0 Å². The Morgan fingerprint density at radius 3 is 2.34 bits per heavy atom. The Labute approximate surface area is 233 Å². The minimum absolute atomic E-state index is 0. The summed E-state index contributed by atoms with van der Waals surface area (Å²) in [7, 11) is 0. The van der Waals surface area contributed by atoms with Crippen molar-refractivity contribution in [1.29, 1.82) is 0 Å². The summed E-state index contributed by atoms with van der Waals surface area (Å²) in [4.78, 5) is 10.8. The molecule has 7 heteroatoms. The fourth-order valence-corrected chi connectivity index (χ4v) is 5.03. The molecule has 0 bridgehead atoms. The number of para-hydroxylation sites is 1. The van der Waals surface area contributed by atoms with Gasteiger partial charge in [-0.2, -0.15) is 0 Å². The van der Waals surface area contributed by atoms with E-state index < -0.39 is 11.6 Å². The summed E-state index contributed by atoms with van der Waals surface area (Å²) in [6.07, 6.45) is 1.61. The Kier molecular flexibility index (Phi) is 6.62. The zero-order valence-electron chi connectivity index (χ0n) is 20.5. The maximum Gasteiger partial charge on any atom is 0.136 e. The van der Waals surface area contributed by atoms with E-state index in [1.807, 2.05) is 42.5 Å². The Hall–Kier alpha value is -3.89. The zero-order valence-corrected chi connectivity index (χ0v) is 22.8. The van der Waals surface area contributed by atoms with Gasteiger partial charge < -0.3 is 10.0 Å². The third-order valence-corrected chi connectivity index (χ3v) is 6.86. The number of hydrogen-bond donors (Lipinski definition) is 1. The molecule has 0 saturated heterocycles. The van der Waals surface area contributed by atoms with Crippen molar-refractivity contribution in [3.05, 3.63) is 120 Å². The van der Waals surface area contributed by atoms with Gasteiger partial charge in [-0.3, -0.25) is 13.8 Å². The van der Waals surface area contributed by atoms with Gasteiger partial charge in [0.15, 0.2) is 0 Å². The molecule has 3 aromatic carbocycles. The van der Waals surface area contributed by atoms with Crippen LogP contribution in [0.5, 0.6) is 5.75 Å². The van der Waals surface area contributed by atoms with Crippen molar-refractivity contribution in [3.8, 4) is 28.3 Å². The van der Waals surface area contributed by atoms with Crippen molar-refractivity contribution in [2.45, 2.75) is 19.3 Å². The number of benzene rings is 3. The van der Waals surface area contributed by atoms with E-state index in [2.05, 4.69) is 24.9 Å². The first-order chi connectivity index (χ1) is 17.9. The van der Waals surface area contributed by atoms with Gasteiger partial charge in [0.25, 0.3) is 0 Å². The molecular weight excluding hydrogens is 663 g/mol. The molecule has 0 radical (unpaired) electrons. The molecule has 2 aromatic heterocycles. The number of phenols is 1. The molecule has 0 fully saturated rings. The van der Waals surface area contributed by atoms with Crippen LogP contribution in [0.15, 0.2) is 91.1 Å². The van der Waals surface area contributed by atoms with Gasteiger partial charge in [-0.05, 0) is 52.8 Å². The van der Waals surface area contributed by atoms with E-state index in [0.717, 1.165) is 17.2 Å². The molecule has 1 aliphatic rings.